The lowest BCUT2D eigenvalue weighted by Crippen LogP contribution is -2.54. The van der Waals surface area contributed by atoms with Gasteiger partial charge in [-0.15, -0.1) is 0 Å². The van der Waals surface area contributed by atoms with Gasteiger partial charge in [0.25, 0.3) is 0 Å². The number of ether oxygens (including phenoxy) is 1. The lowest BCUT2D eigenvalue weighted by Gasteiger charge is -2.42. The molecule has 1 heterocycles. The maximum atomic E-state index is 5.19. The molecule has 1 saturated heterocycles. The quantitative estimate of drug-likeness (QED) is 0.590. The van der Waals surface area contributed by atoms with E-state index in [0.717, 1.165) is 26.3 Å². The van der Waals surface area contributed by atoms with Crippen LogP contribution >= 0.6 is 12.8 Å². The number of hydrogen-bond acceptors (Lipinski definition) is 4. The molecule has 0 aliphatic carbocycles. The van der Waals surface area contributed by atoms with E-state index in [4.69, 9.17) is 4.74 Å². The van der Waals surface area contributed by atoms with Crippen molar-refractivity contribution in [2.45, 2.75) is 0 Å². The van der Waals surface area contributed by atoms with Gasteiger partial charge in [0.05, 0.1) is 13.2 Å². The van der Waals surface area contributed by atoms with Crippen LogP contribution in [-0.4, -0.2) is 45.3 Å². The van der Waals surface area contributed by atoms with E-state index in [9.17, 15) is 0 Å². The van der Waals surface area contributed by atoms with Gasteiger partial charge in [0.1, 0.15) is 0 Å². The lowest BCUT2D eigenvalue weighted by atomic mass is 9.86. The van der Waals surface area contributed by atoms with Crippen LogP contribution in [-0.2, 0) is 4.74 Å². The molecule has 1 aliphatic heterocycles. The summed E-state index contributed by atoms with van der Waals surface area (Å²) in [5.74, 6) is 0. The summed E-state index contributed by atoms with van der Waals surface area (Å²) in [4.78, 5) is 2.19. The topological polar surface area (TPSA) is 24.5 Å². The maximum Gasteiger partial charge on any atom is 0.0569 e. The Balaban J connectivity index is 2.33. The fourth-order valence-corrected chi connectivity index (χ4v) is 1.81. The van der Waals surface area contributed by atoms with E-state index in [1.807, 2.05) is 0 Å². The highest BCUT2D eigenvalue weighted by atomic mass is 32.1. The average molecular weight is 176 g/mol. The molecule has 0 atom stereocenters. The van der Waals surface area contributed by atoms with E-state index in [1.54, 1.807) is 0 Å². The van der Waals surface area contributed by atoms with Crippen LogP contribution in [0.5, 0.6) is 0 Å². The minimum atomic E-state index is 0.311. The molecule has 1 aliphatic rings. The molecule has 4 heteroatoms. The highest BCUT2D eigenvalue weighted by Gasteiger charge is 2.38. The van der Waals surface area contributed by atoms with Crippen LogP contribution in [0.25, 0.3) is 0 Å². The van der Waals surface area contributed by atoms with Crippen molar-refractivity contribution in [3.8, 4) is 0 Å². The molecular formula is C7H16N2OS. The predicted octanol–water partition coefficient (Wildman–Crippen LogP) is -0.00100. The molecule has 0 aromatic rings. The normalized spacial score (nSPS) is 21.8. The van der Waals surface area contributed by atoms with E-state index in [-0.39, 0.29) is 0 Å². The zero-order valence-corrected chi connectivity index (χ0v) is 8.03. The molecule has 1 rings (SSSR count). The van der Waals surface area contributed by atoms with Gasteiger partial charge in [-0.2, -0.15) is 0 Å². The van der Waals surface area contributed by atoms with Crippen molar-refractivity contribution in [1.82, 2.24) is 9.62 Å². The Morgan fingerprint density at radius 1 is 1.55 bits per heavy atom. The van der Waals surface area contributed by atoms with E-state index in [0.29, 0.717) is 5.41 Å². The van der Waals surface area contributed by atoms with E-state index in [1.165, 1.54) is 0 Å². The highest BCUT2D eigenvalue weighted by molar-refractivity contribution is 7.78. The summed E-state index contributed by atoms with van der Waals surface area (Å²) in [6, 6.07) is 0. The van der Waals surface area contributed by atoms with Gasteiger partial charge < -0.3 is 9.64 Å². The zero-order valence-electron chi connectivity index (χ0n) is 7.13. The molecule has 0 radical (unpaired) electrons. The lowest BCUT2D eigenvalue weighted by molar-refractivity contribution is -0.117. The van der Waals surface area contributed by atoms with Crippen LogP contribution in [0.3, 0.4) is 0 Å². The third-order valence-electron chi connectivity index (χ3n) is 1.92. The molecule has 66 valence electrons. The SMILES string of the molecule is CN(C)CC1(CNS)COC1. The first-order valence-electron chi connectivity index (χ1n) is 3.78. The van der Waals surface area contributed by atoms with E-state index < -0.39 is 0 Å². The Morgan fingerprint density at radius 2 is 2.18 bits per heavy atom. The molecular weight excluding hydrogens is 160 g/mol. The summed E-state index contributed by atoms with van der Waals surface area (Å²) in [5, 5.41) is 0. The average Bonchev–Trinajstić information content (AvgIpc) is 1.82. The monoisotopic (exact) mass is 176 g/mol. The van der Waals surface area contributed by atoms with Crippen molar-refractivity contribution in [3.63, 3.8) is 0 Å². The molecule has 0 unspecified atom stereocenters. The Morgan fingerprint density at radius 3 is 2.45 bits per heavy atom. The van der Waals surface area contributed by atoms with Crippen molar-refractivity contribution in [2.75, 3.05) is 40.4 Å². The largest absolute Gasteiger partial charge is 0.380 e. The fourth-order valence-electron chi connectivity index (χ4n) is 1.48. The number of rotatable bonds is 4. The molecule has 1 N–H and O–H groups in total. The van der Waals surface area contributed by atoms with Crippen molar-refractivity contribution < 1.29 is 4.74 Å². The third-order valence-corrected chi connectivity index (χ3v) is 2.08. The molecule has 0 spiro atoms. The Labute approximate surface area is 73.6 Å². The summed E-state index contributed by atoms with van der Waals surface area (Å²) < 4.78 is 8.09. The van der Waals surface area contributed by atoms with Gasteiger partial charge in [-0.1, -0.05) is 12.8 Å². The van der Waals surface area contributed by atoms with E-state index >= 15 is 0 Å². The molecule has 1 fully saturated rings. The molecule has 3 nitrogen and oxygen atoms in total. The summed E-state index contributed by atoms with van der Waals surface area (Å²) in [5.41, 5.74) is 0.311. The van der Waals surface area contributed by atoms with Crippen molar-refractivity contribution >= 4 is 12.8 Å². The fraction of sp³-hybridized carbons (Fsp3) is 1.00. The van der Waals surface area contributed by atoms with Crippen LogP contribution in [0, 0.1) is 5.41 Å². The van der Waals surface area contributed by atoms with Gasteiger partial charge in [0.2, 0.25) is 0 Å². The second kappa shape index (κ2) is 3.76. The zero-order chi connectivity index (χ0) is 8.32. The van der Waals surface area contributed by atoms with Crippen LogP contribution in [0.4, 0.5) is 0 Å². The van der Waals surface area contributed by atoms with Gasteiger partial charge in [-0.05, 0) is 14.1 Å². The minimum Gasteiger partial charge on any atom is -0.380 e. The number of hydrogen-bond donors (Lipinski definition) is 2. The van der Waals surface area contributed by atoms with Crippen LogP contribution < -0.4 is 4.72 Å². The first-order valence-corrected chi connectivity index (χ1v) is 4.23. The summed E-state index contributed by atoms with van der Waals surface area (Å²) >= 11 is 4.00. The first kappa shape index (κ1) is 9.32. The molecule has 0 aromatic carbocycles. The second-order valence-corrected chi connectivity index (χ2v) is 3.88. The number of nitrogens with zero attached hydrogens (tertiary/aromatic N) is 1. The molecule has 11 heavy (non-hydrogen) atoms. The van der Waals surface area contributed by atoms with Gasteiger partial charge in [0, 0.05) is 18.5 Å². The molecule has 0 aromatic heterocycles. The van der Waals surface area contributed by atoms with Crippen molar-refractivity contribution in [1.29, 1.82) is 0 Å². The van der Waals surface area contributed by atoms with Gasteiger partial charge >= 0.3 is 0 Å². The van der Waals surface area contributed by atoms with E-state index in [2.05, 4.69) is 36.5 Å². The standard InChI is InChI=1S/C7H16N2OS/c1-9(2)4-7(3-8-11)5-10-6-7/h8,11H,3-6H2,1-2H3. The Bertz CT molecular complexity index is 126. The van der Waals surface area contributed by atoms with Crippen LogP contribution in [0.1, 0.15) is 0 Å². The summed E-state index contributed by atoms with van der Waals surface area (Å²) in [7, 11) is 4.16. The minimum absolute atomic E-state index is 0.311. The number of thiol groups is 1. The van der Waals surface area contributed by atoms with Gasteiger partial charge in [0.15, 0.2) is 0 Å². The van der Waals surface area contributed by atoms with Gasteiger partial charge in [-0.25, -0.2) is 0 Å². The Hall–Kier alpha value is 0.230. The highest BCUT2D eigenvalue weighted by Crippen LogP contribution is 2.27. The molecule has 0 saturated carbocycles. The molecule has 0 bridgehead atoms. The Kier molecular flexibility index (Phi) is 3.18. The maximum absolute atomic E-state index is 5.19. The van der Waals surface area contributed by atoms with Crippen molar-refractivity contribution in [2.24, 2.45) is 5.41 Å². The smallest absolute Gasteiger partial charge is 0.0569 e. The van der Waals surface area contributed by atoms with Crippen LogP contribution in [0.2, 0.25) is 0 Å². The van der Waals surface area contributed by atoms with Crippen LogP contribution in [0.15, 0.2) is 0 Å². The number of nitrogens with one attached hydrogen (secondary N) is 1. The summed E-state index contributed by atoms with van der Waals surface area (Å²) in [6.07, 6.45) is 0. The third kappa shape index (κ3) is 2.33. The van der Waals surface area contributed by atoms with Gasteiger partial charge in [-0.3, -0.25) is 4.72 Å². The van der Waals surface area contributed by atoms with Crippen molar-refractivity contribution in [3.05, 3.63) is 0 Å². The first-order chi connectivity index (χ1) is 5.18. The summed E-state index contributed by atoms with van der Waals surface area (Å²) in [6.45, 7) is 3.71. The molecule has 0 amide bonds. The second-order valence-electron chi connectivity index (χ2n) is 3.57. The predicted molar refractivity (Wildman–Crippen MR) is 48.8 cm³/mol.